The van der Waals surface area contributed by atoms with Gasteiger partial charge in [0.25, 0.3) is 0 Å². The summed E-state index contributed by atoms with van der Waals surface area (Å²) in [6.45, 7) is 1.47. The zero-order chi connectivity index (χ0) is 19.5. The predicted molar refractivity (Wildman–Crippen MR) is 93.8 cm³/mol. The Kier molecular flexibility index (Phi) is 4.10. The van der Waals surface area contributed by atoms with E-state index in [0.717, 1.165) is 12.0 Å². The minimum absolute atomic E-state index is 0.0224. The van der Waals surface area contributed by atoms with Crippen molar-refractivity contribution in [2.75, 3.05) is 19.7 Å². The average Bonchev–Trinajstić information content (AvgIpc) is 3.38. The van der Waals surface area contributed by atoms with Gasteiger partial charge in [0.15, 0.2) is 0 Å². The summed E-state index contributed by atoms with van der Waals surface area (Å²) in [4.78, 5) is 25.4. The second-order valence-corrected chi connectivity index (χ2v) is 7.70. The van der Waals surface area contributed by atoms with Crippen LogP contribution >= 0.6 is 0 Å². The van der Waals surface area contributed by atoms with Crippen LogP contribution in [-0.4, -0.2) is 70.5 Å². The van der Waals surface area contributed by atoms with E-state index >= 15 is 0 Å². The van der Waals surface area contributed by atoms with Crippen LogP contribution in [0, 0.1) is 0 Å². The van der Waals surface area contributed by atoms with E-state index in [0.29, 0.717) is 0 Å². The van der Waals surface area contributed by atoms with Crippen LogP contribution in [0.15, 0.2) is 12.1 Å². The summed E-state index contributed by atoms with van der Waals surface area (Å²) in [6, 6.07) is 3.38. The maximum Gasteiger partial charge on any atom is 0.526 e. The number of aliphatic hydroxyl groups excluding tert-OH is 1. The number of rotatable bonds is 5. The van der Waals surface area contributed by atoms with E-state index in [2.05, 4.69) is 0 Å². The summed E-state index contributed by atoms with van der Waals surface area (Å²) in [7, 11) is -1.01. The number of aliphatic hydroxyl groups is 1. The van der Waals surface area contributed by atoms with Crippen molar-refractivity contribution in [1.82, 2.24) is 4.90 Å². The van der Waals surface area contributed by atoms with E-state index in [-0.39, 0.29) is 53.9 Å². The summed E-state index contributed by atoms with van der Waals surface area (Å²) in [5.41, 5.74) is 5.05. The summed E-state index contributed by atoms with van der Waals surface area (Å²) < 4.78 is 11.2. The van der Waals surface area contributed by atoms with E-state index in [4.69, 9.17) is 15.1 Å². The second-order valence-electron chi connectivity index (χ2n) is 7.70. The molecule has 10 heteroatoms. The number of carboxylic acids is 1. The van der Waals surface area contributed by atoms with Gasteiger partial charge < -0.3 is 35.3 Å². The van der Waals surface area contributed by atoms with Crippen LogP contribution in [0.1, 0.15) is 35.2 Å². The Morgan fingerprint density at radius 3 is 2.78 bits per heavy atom. The van der Waals surface area contributed by atoms with Crippen molar-refractivity contribution < 1.29 is 34.2 Å². The van der Waals surface area contributed by atoms with E-state index in [1.165, 1.54) is 11.8 Å². The van der Waals surface area contributed by atoms with Gasteiger partial charge in [-0.1, -0.05) is 6.07 Å². The number of likely N-dealkylation sites (tertiary alicyclic amines) is 1. The normalized spacial score (nSPS) is 25.5. The van der Waals surface area contributed by atoms with Crippen molar-refractivity contribution >= 4 is 19.0 Å². The number of ether oxygens (including phenoxy) is 1. The topological polar surface area (TPSA) is 143 Å². The Morgan fingerprint density at radius 2 is 2.15 bits per heavy atom. The zero-order valence-corrected chi connectivity index (χ0v) is 14.8. The molecule has 4 rings (SSSR count). The first kappa shape index (κ1) is 18.1. The van der Waals surface area contributed by atoms with Gasteiger partial charge in [0.05, 0.1) is 19.7 Å². The van der Waals surface area contributed by atoms with E-state index in [1.807, 2.05) is 0 Å². The Labute approximate surface area is 155 Å². The monoisotopic (exact) mass is 376 g/mol. The lowest BCUT2D eigenvalue weighted by Crippen LogP contribution is -2.64. The smallest absolute Gasteiger partial charge is 0.526 e. The zero-order valence-electron chi connectivity index (χ0n) is 14.8. The molecule has 1 aliphatic carbocycles. The fourth-order valence-corrected chi connectivity index (χ4v) is 3.68. The molecular formula is C17H21BN2O7. The summed E-state index contributed by atoms with van der Waals surface area (Å²) in [5, 5.41) is 28.8. The van der Waals surface area contributed by atoms with Crippen molar-refractivity contribution in [2.45, 2.75) is 36.7 Å². The number of hydrogen-bond donors (Lipinski definition) is 4. The highest BCUT2D eigenvalue weighted by Gasteiger charge is 2.54. The van der Waals surface area contributed by atoms with E-state index in [1.54, 1.807) is 12.1 Å². The minimum atomic E-state index is -1.35. The molecule has 1 saturated heterocycles. The largest absolute Gasteiger partial charge is 0.535 e. The molecule has 9 nitrogen and oxygen atoms in total. The predicted octanol–water partition coefficient (Wildman–Crippen LogP) is -0.585. The number of carbonyl (C=O) groups excluding carboxylic acids is 1. The maximum atomic E-state index is 12.2. The molecule has 2 aliphatic heterocycles. The molecule has 2 heterocycles. The lowest BCUT2D eigenvalue weighted by molar-refractivity contribution is -0.146. The van der Waals surface area contributed by atoms with Crippen molar-refractivity contribution in [3.63, 3.8) is 0 Å². The van der Waals surface area contributed by atoms with Crippen LogP contribution in [0.4, 0.5) is 0 Å². The summed E-state index contributed by atoms with van der Waals surface area (Å²) in [6.07, 6.45) is 0.386. The molecule has 27 heavy (non-hydrogen) atoms. The number of carboxylic acid groups (broad SMARTS) is 1. The Bertz CT molecular complexity index is 809. The molecule has 0 radical (unpaired) electrons. The van der Waals surface area contributed by atoms with Crippen molar-refractivity contribution in [2.24, 2.45) is 5.73 Å². The van der Waals surface area contributed by atoms with E-state index in [9.17, 15) is 24.8 Å². The van der Waals surface area contributed by atoms with Crippen molar-refractivity contribution in [3.05, 3.63) is 23.3 Å². The van der Waals surface area contributed by atoms with Crippen molar-refractivity contribution in [1.29, 1.82) is 0 Å². The second kappa shape index (κ2) is 6.11. The standard InChI is InChI=1S/C17H21BN2O7/c1-17(19,7-21)16(24)20-5-8(6-20)26-12-3-2-9-10-4-11(10)18(25)27-14(9)13(12)15(22)23/h2-3,8,10-11,21,25H,4-7,19H2,1H3,(H,22,23)/t10-,11-,17-/m1/s1. The number of carbonyl (C=O) groups is 2. The highest BCUT2D eigenvalue weighted by molar-refractivity contribution is 6.48. The molecule has 1 aromatic carbocycles. The molecule has 1 amide bonds. The van der Waals surface area contributed by atoms with Gasteiger partial charge in [-0.25, -0.2) is 4.79 Å². The molecule has 0 unspecified atom stereocenters. The van der Waals surface area contributed by atoms with Gasteiger partial charge in [-0.2, -0.15) is 0 Å². The highest BCUT2D eigenvalue weighted by atomic mass is 16.5. The molecule has 1 aromatic rings. The van der Waals surface area contributed by atoms with Crippen LogP contribution in [0.5, 0.6) is 11.5 Å². The molecule has 0 bridgehead atoms. The van der Waals surface area contributed by atoms with Gasteiger partial charge >= 0.3 is 13.1 Å². The van der Waals surface area contributed by atoms with Gasteiger partial charge in [-0.05, 0) is 30.9 Å². The Morgan fingerprint density at radius 1 is 1.44 bits per heavy atom. The molecule has 3 atom stereocenters. The molecule has 3 aliphatic rings. The van der Waals surface area contributed by atoms with Gasteiger partial charge in [-0.3, -0.25) is 4.79 Å². The third-order valence-corrected chi connectivity index (χ3v) is 5.45. The van der Waals surface area contributed by atoms with E-state index < -0.39 is 25.2 Å². The number of fused-ring (bicyclic) bond motifs is 3. The van der Waals surface area contributed by atoms with Gasteiger partial charge in [0.1, 0.15) is 28.7 Å². The number of nitrogens with zero attached hydrogens (tertiary/aromatic N) is 1. The fourth-order valence-electron chi connectivity index (χ4n) is 3.68. The third-order valence-electron chi connectivity index (χ3n) is 5.45. The first-order valence-electron chi connectivity index (χ1n) is 8.83. The Balaban J connectivity index is 1.50. The molecule has 5 N–H and O–H groups in total. The van der Waals surface area contributed by atoms with Crippen LogP contribution in [0.25, 0.3) is 0 Å². The van der Waals surface area contributed by atoms with Crippen LogP contribution in [0.3, 0.4) is 0 Å². The SMILES string of the molecule is C[C@@](N)(CO)C(=O)N1CC(Oc2ccc3c(c2C(=O)O)OB(O)[C@@H]2C[C@H]32)C1. The van der Waals surface area contributed by atoms with Crippen molar-refractivity contribution in [3.8, 4) is 11.5 Å². The molecule has 1 saturated carbocycles. The van der Waals surface area contributed by atoms with Crippen LogP contribution < -0.4 is 15.1 Å². The lowest BCUT2D eigenvalue weighted by atomic mass is 9.77. The molecule has 0 aromatic heterocycles. The van der Waals surface area contributed by atoms with Crippen LogP contribution in [-0.2, 0) is 4.79 Å². The number of amides is 1. The fraction of sp³-hybridized carbons (Fsp3) is 0.529. The number of hydrogen-bond acceptors (Lipinski definition) is 7. The number of nitrogens with two attached hydrogens (primary N) is 1. The molecule has 0 spiro atoms. The minimum Gasteiger partial charge on any atom is -0.535 e. The quantitative estimate of drug-likeness (QED) is 0.500. The van der Waals surface area contributed by atoms with Crippen LogP contribution in [0.2, 0.25) is 5.82 Å². The third kappa shape index (κ3) is 2.93. The first-order chi connectivity index (χ1) is 12.7. The van der Waals surface area contributed by atoms with Gasteiger partial charge in [-0.15, -0.1) is 0 Å². The summed E-state index contributed by atoms with van der Waals surface area (Å²) in [5.74, 6) is -1.14. The highest BCUT2D eigenvalue weighted by Crippen LogP contribution is 2.60. The first-order valence-corrected chi connectivity index (χ1v) is 8.83. The summed E-state index contributed by atoms with van der Waals surface area (Å²) >= 11 is 0. The molecule has 2 fully saturated rings. The number of benzene rings is 1. The maximum absolute atomic E-state index is 12.2. The average molecular weight is 376 g/mol. The van der Waals surface area contributed by atoms with Gasteiger partial charge in [0, 0.05) is 5.82 Å². The number of aromatic carboxylic acids is 1. The molecular weight excluding hydrogens is 355 g/mol. The Hall–Kier alpha value is -2.30. The van der Waals surface area contributed by atoms with Gasteiger partial charge in [0.2, 0.25) is 5.91 Å². The lowest BCUT2D eigenvalue weighted by Gasteiger charge is -2.42. The molecule has 144 valence electrons.